The van der Waals surface area contributed by atoms with Gasteiger partial charge in [0.15, 0.2) is 17.3 Å². The number of ketones is 1. The molecule has 1 unspecified atom stereocenters. The van der Waals surface area contributed by atoms with Gasteiger partial charge in [0, 0.05) is 16.7 Å². The molecule has 0 saturated heterocycles. The minimum atomic E-state index is -1.81. The molecule has 1 atom stereocenters. The van der Waals surface area contributed by atoms with Gasteiger partial charge in [-0.2, -0.15) is 0 Å². The molecule has 1 aromatic rings. The molecule has 168 valence electrons. The number of Topliss-reactive ketones (excluding diaryl/α,β-unsaturated/α-hetero) is 1. The summed E-state index contributed by atoms with van der Waals surface area (Å²) in [7, 11) is 4.61. The number of rotatable bonds is 4. The Morgan fingerprint density at radius 3 is 2.06 bits per heavy atom. The first-order chi connectivity index (χ1) is 14.4. The highest BCUT2D eigenvalue weighted by atomic mass is 16.8. The molecule has 7 heteroatoms. The van der Waals surface area contributed by atoms with Crippen LogP contribution in [0.2, 0.25) is 0 Å². The molecule has 31 heavy (non-hydrogen) atoms. The first-order valence-corrected chi connectivity index (χ1v) is 10.1. The quantitative estimate of drug-likeness (QED) is 0.696. The lowest BCUT2D eigenvalue weighted by Crippen LogP contribution is -2.49. The van der Waals surface area contributed by atoms with Crippen molar-refractivity contribution in [3.05, 3.63) is 46.7 Å². The Morgan fingerprint density at radius 1 is 0.903 bits per heavy atom. The Labute approximate surface area is 183 Å². The smallest absolute Gasteiger partial charge is 0.399 e. The summed E-state index contributed by atoms with van der Waals surface area (Å²) in [6, 6.07) is 5.22. The van der Waals surface area contributed by atoms with E-state index >= 15 is 0 Å². The summed E-state index contributed by atoms with van der Waals surface area (Å²) in [4.78, 5) is 19.5. The number of hydrogen-bond acceptors (Lipinski definition) is 7. The highest BCUT2D eigenvalue weighted by molar-refractivity contribution is 6.09. The summed E-state index contributed by atoms with van der Waals surface area (Å²) in [6.07, 6.45) is 1.90. The third kappa shape index (κ3) is 3.77. The zero-order valence-electron chi connectivity index (χ0n) is 19.7. The van der Waals surface area contributed by atoms with Gasteiger partial charge in [-0.05, 0) is 40.3 Å². The van der Waals surface area contributed by atoms with Crippen molar-refractivity contribution in [1.82, 2.24) is 0 Å². The molecule has 7 nitrogen and oxygen atoms in total. The normalized spacial score (nSPS) is 21.4. The molecule has 1 spiro atoms. The summed E-state index contributed by atoms with van der Waals surface area (Å²) in [5, 5.41) is 4.13. The number of oxime groups is 1. The maximum atomic E-state index is 13.7. The van der Waals surface area contributed by atoms with Crippen LogP contribution < -0.4 is 9.47 Å². The number of hydrogen-bond donors (Lipinski definition) is 0. The van der Waals surface area contributed by atoms with E-state index in [-0.39, 0.29) is 17.1 Å². The van der Waals surface area contributed by atoms with Gasteiger partial charge in [-0.3, -0.25) is 4.79 Å². The Balaban J connectivity index is 2.12. The van der Waals surface area contributed by atoms with Crippen molar-refractivity contribution in [2.75, 3.05) is 21.3 Å². The maximum absolute atomic E-state index is 13.7. The Kier molecular flexibility index (Phi) is 5.59. The van der Waals surface area contributed by atoms with Crippen molar-refractivity contribution in [2.45, 2.75) is 47.3 Å². The molecule has 1 aromatic carbocycles. The molecule has 0 N–H and O–H groups in total. The second-order valence-electron chi connectivity index (χ2n) is 9.61. The van der Waals surface area contributed by atoms with Crippen molar-refractivity contribution in [3.8, 4) is 11.5 Å². The lowest BCUT2D eigenvalue weighted by molar-refractivity contribution is -0.177. The Morgan fingerprint density at radius 2 is 1.55 bits per heavy atom. The van der Waals surface area contributed by atoms with Crippen LogP contribution in [0.15, 0.2) is 46.3 Å². The fraction of sp³-hybridized carbons (Fsp3) is 0.500. The fourth-order valence-corrected chi connectivity index (χ4v) is 3.63. The van der Waals surface area contributed by atoms with E-state index in [2.05, 4.69) is 5.16 Å². The van der Waals surface area contributed by atoms with Crippen molar-refractivity contribution in [2.24, 2.45) is 16.0 Å². The van der Waals surface area contributed by atoms with Crippen LogP contribution in [0.25, 0.3) is 0 Å². The lowest BCUT2D eigenvalue weighted by atomic mass is 9.72. The summed E-state index contributed by atoms with van der Waals surface area (Å²) >= 11 is 0. The predicted molar refractivity (Wildman–Crippen MR) is 117 cm³/mol. The predicted octanol–water partition coefficient (Wildman–Crippen LogP) is 4.61. The molecular formula is C24H31NO6. The van der Waals surface area contributed by atoms with Gasteiger partial charge in [0.25, 0.3) is 11.7 Å². The van der Waals surface area contributed by atoms with Crippen LogP contribution >= 0.6 is 0 Å². The number of nitrogens with zero attached hydrogens (tertiary/aromatic N) is 1. The largest absolute Gasteiger partial charge is 0.493 e. The highest BCUT2D eigenvalue weighted by Crippen LogP contribution is 2.47. The maximum Gasteiger partial charge on any atom is 0.399 e. The number of carbonyl (C=O) groups is 1. The van der Waals surface area contributed by atoms with Gasteiger partial charge in [-0.1, -0.05) is 41.5 Å². The highest BCUT2D eigenvalue weighted by Gasteiger charge is 2.60. The molecule has 3 rings (SSSR count). The van der Waals surface area contributed by atoms with Crippen LogP contribution in [0, 0.1) is 10.8 Å². The van der Waals surface area contributed by atoms with E-state index in [0.29, 0.717) is 28.4 Å². The number of allylic oxidation sites excluding steroid dienone is 2. The summed E-state index contributed by atoms with van der Waals surface area (Å²) < 4.78 is 22.6. The molecule has 0 saturated carbocycles. The van der Waals surface area contributed by atoms with Gasteiger partial charge in [0.05, 0.1) is 21.3 Å². The molecule has 0 aromatic heterocycles. The second-order valence-corrected chi connectivity index (χ2v) is 9.61. The van der Waals surface area contributed by atoms with Gasteiger partial charge in [-0.15, -0.1) is 0 Å². The standard InChI is InChI=1S/C24H31NO6/c1-22(2,3)15-13-16(23(4,5)6)20(29-9)24(19(15)26)30-21(25-31-24)14-10-11-17(27-7)18(12-14)28-8/h10-13H,1-9H3. The van der Waals surface area contributed by atoms with E-state index in [1.54, 1.807) is 32.4 Å². The van der Waals surface area contributed by atoms with E-state index in [4.69, 9.17) is 23.8 Å². The van der Waals surface area contributed by atoms with Crippen LogP contribution in [0.4, 0.5) is 0 Å². The van der Waals surface area contributed by atoms with Crippen LogP contribution in [0.3, 0.4) is 0 Å². The molecular weight excluding hydrogens is 398 g/mol. The average Bonchev–Trinajstić information content (AvgIpc) is 3.13. The minimum absolute atomic E-state index is 0.160. The van der Waals surface area contributed by atoms with Gasteiger partial charge < -0.3 is 23.8 Å². The van der Waals surface area contributed by atoms with E-state index in [9.17, 15) is 4.79 Å². The van der Waals surface area contributed by atoms with Crippen LogP contribution in [-0.2, 0) is 19.1 Å². The molecule has 0 bridgehead atoms. The van der Waals surface area contributed by atoms with Crippen molar-refractivity contribution in [1.29, 1.82) is 0 Å². The third-order valence-corrected chi connectivity index (χ3v) is 5.32. The molecule has 0 amide bonds. The molecule has 2 aliphatic rings. The summed E-state index contributed by atoms with van der Waals surface area (Å²) in [5.41, 5.74) is 1.24. The van der Waals surface area contributed by atoms with E-state index < -0.39 is 11.2 Å². The summed E-state index contributed by atoms with van der Waals surface area (Å²) in [5.74, 6) is -0.597. The van der Waals surface area contributed by atoms with E-state index in [1.807, 2.05) is 47.6 Å². The Bertz CT molecular complexity index is 990. The second kappa shape index (κ2) is 7.62. The number of benzene rings is 1. The molecule has 1 aliphatic carbocycles. The van der Waals surface area contributed by atoms with Gasteiger partial charge in [0.2, 0.25) is 0 Å². The molecule has 1 heterocycles. The first-order valence-electron chi connectivity index (χ1n) is 10.1. The topological polar surface area (TPSA) is 75.6 Å². The minimum Gasteiger partial charge on any atom is -0.493 e. The lowest BCUT2D eigenvalue weighted by Gasteiger charge is -2.38. The number of carbonyl (C=O) groups excluding carboxylic acids is 1. The van der Waals surface area contributed by atoms with Crippen molar-refractivity contribution in [3.63, 3.8) is 0 Å². The number of ether oxygens (including phenoxy) is 4. The first kappa shape index (κ1) is 22.7. The van der Waals surface area contributed by atoms with Crippen LogP contribution in [0.5, 0.6) is 11.5 Å². The van der Waals surface area contributed by atoms with Gasteiger partial charge in [0.1, 0.15) is 0 Å². The van der Waals surface area contributed by atoms with Crippen molar-refractivity contribution < 1.29 is 28.6 Å². The van der Waals surface area contributed by atoms with Gasteiger partial charge in [-0.25, -0.2) is 0 Å². The van der Waals surface area contributed by atoms with E-state index in [1.165, 1.54) is 7.11 Å². The van der Waals surface area contributed by atoms with Crippen LogP contribution in [-0.4, -0.2) is 38.8 Å². The number of methoxy groups -OCH3 is 3. The molecule has 1 aliphatic heterocycles. The monoisotopic (exact) mass is 429 g/mol. The zero-order chi connectivity index (χ0) is 23.2. The van der Waals surface area contributed by atoms with Gasteiger partial charge >= 0.3 is 5.79 Å². The Hall–Kier alpha value is -2.96. The fourth-order valence-electron chi connectivity index (χ4n) is 3.63. The van der Waals surface area contributed by atoms with E-state index in [0.717, 1.165) is 5.57 Å². The molecule has 0 radical (unpaired) electrons. The average molecular weight is 430 g/mol. The zero-order valence-corrected chi connectivity index (χ0v) is 19.7. The van der Waals surface area contributed by atoms with Crippen molar-refractivity contribution >= 4 is 11.7 Å². The molecule has 0 fully saturated rings. The summed E-state index contributed by atoms with van der Waals surface area (Å²) in [6.45, 7) is 12.1. The third-order valence-electron chi connectivity index (χ3n) is 5.32. The SMILES string of the molecule is COC1=C(C(C)(C)C)C=C(C(C)(C)C)C(=O)C12ON=C(c1ccc(OC)c(OC)c1)O2. The van der Waals surface area contributed by atoms with Crippen LogP contribution in [0.1, 0.15) is 47.1 Å².